The summed E-state index contributed by atoms with van der Waals surface area (Å²) in [7, 11) is 0. The van der Waals surface area contributed by atoms with Crippen molar-refractivity contribution < 1.29 is 28.7 Å². The van der Waals surface area contributed by atoms with Gasteiger partial charge < -0.3 is 19.4 Å². The quantitative estimate of drug-likeness (QED) is 0.252. The van der Waals surface area contributed by atoms with E-state index >= 15 is 0 Å². The molecule has 0 fully saturated rings. The number of hydrogen-bond donors (Lipinski definition) is 1. The van der Waals surface area contributed by atoms with Crippen molar-refractivity contribution in [2.45, 2.75) is 20.4 Å². The minimum Gasteiger partial charge on any atom is -0.465 e. The molecular formula is C27H26N4O6S3. The Morgan fingerprint density at radius 3 is 2.55 bits per heavy atom. The zero-order valence-corrected chi connectivity index (χ0v) is 24.2. The van der Waals surface area contributed by atoms with Crippen molar-refractivity contribution in [1.29, 1.82) is 0 Å². The van der Waals surface area contributed by atoms with Gasteiger partial charge in [0, 0.05) is 10.9 Å². The zero-order chi connectivity index (χ0) is 28.5. The zero-order valence-electron chi connectivity index (χ0n) is 21.7. The fourth-order valence-corrected chi connectivity index (χ4v) is 6.01. The summed E-state index contributed by atoms with van der Waals surface area (Å²) in [5.41, 5.74) is 2.72. The molecule has 0 aliphatic heterocycles. The van der Waals surface area contributed by atoms with Crippen LogP contribution in [0.2, 0.25) is 0 Å². The highest BCUT2D eigenvalue weighted by molar-refractivity contribution is 8.00. The molecule has 0 unspecified atom stereocenters. The Morgan fingerprint density at radius 2 is 1.80 bits per heavy atom. The van der Waals surface area contributed by atoms with Gasteiger partial charge in [0.1, 0.15) is 6.54 Å². The van der Waals surface area contributed by atoms with E-state index in [1.54, 1.807) is 36.6 Å². The van der Waals surface area contributed by atoms with Crippen LogP contribution < -0.4 is 10.1 Å². The second kappa shape index (κ2) is 14.0. The van der Waals surface area contributed by atoms with E-state index in [-0.39, 0.29) is 42.0 Å². The Labute approximate surface area is 242 Å². The largest absolute Gasteiger partial charge is 0.465 e. The smallest absolute Gasteiger partial charge is 0.338 e. The number of carbonyl (C=O) groups is 4. The standard InChI is InChI=1S/C27H26N4O6S3/c1-3-36-24(34)13-31-20-11-10-18(25(35)37-4-2)12-21(20)40-27(31)30-23(33)16-38-15-22(32)29-26-28-19(14-39-26)17-8-6-5-7-9-17/h5-12,14H,3-4,13,15-16H2,1-2H3,(H,28,29,32). The van der Waals surface area contributed by atoms with Gasteiger partial charge in [-0.1, -0.05) is 41.7 Å². The van der Waals surface area contributed by atoms with Gasteiger partial charge in [0.2, 0.25) is 5.91 Å². The molecule has 4 aromatic rings. The lowest BCUT2D eigenvalue weighted by Gasteiger charge is -2.06. The normalized spacial score (nSPS) is 11.4. The van der Waals surface area contributed by atoms with Gasteiger partial charge in [-0.05, 0) is 32.0 Å². The number of aromatic nitrogens is 2. The lowest BCUT2D eigenvalue weighted by Crippen LogP contribution is -2.23. The van der Waals surface area contributed by atoms with Crippen molar-refractivity contribution in [2.75, 3.05) is 30.0 Å². The topological polar surface area (TPSA) is 129 Å². The average molecular weight is 599 g/mol. The van der Waals surface area contributed by atoms with Crippen LogP contribution in [0.3, 0.4) is 0 Å². The fourth-order valence-electron chi connectivity index (χ4n) is 3.59. The number of fused-ring (bicyclic) bond motifs is 1. The van der Waals surface area contributed by atoms with Gasteiger partial charge in [0.15, 0.2) is 9.93 Å². The highest BCUT2D eigenvalue weighted by Gasteiger charge is 2.16. The number of anilines is 1. The van der Waals surface area contributed by atoms with Crippen molar-refractivity contribution in [3.05, 3.63) is 64.3 Å². The summed E-state index contributed by atoms with van der Waals surface area (Å²) in [5, 5.41) is 5.10. The number of amides is 2. The summed E-state index contributed by atoms with van der Waals surface area (Å²) in [5.74, 6) is -1.69. The van der Waals surface area contributed by atoms with E-state index in [0.29, 0.717) is 20.9 Å². The van der Waals surface area contributed by atoms with E-state index < -0.39 is 17.8 Å². The molecule has 0 radical (unpaired) electrons. The molecule has 0 atom stereocenters. The van der Waals surface area contributed by atoms with E-state index in [0.717, 1.165) is 23.0 Å². The van der Waals surface area contributed by atoms with E-state index in [9.17, 15) is 19.2 Å². The Hall–Kier alpha value is -3.81. The second-order valence-corrected chi connectivity index (χ2v) is 11.0. The SMILES string of the molecule is CCOC(=O)Cn1c(=NC(=O)CSCC(=O)Nc2nc(-c3ccccc3)cs2)sc2cc(C(=O)OCC)ccc21. The molecule has 2 heterocycles. The summed E-state index contributed by atoms with van der Waals surface area (Å²) in [6.45, 7) is 3.74. The van der Waals surface area contributed by atoms with E-state index in [2.05, 4.69) is 15.3 Å². The highest BCUT2D eigenvalue weighted by atomic mass is 32.2. The minimum atomic E-state index is -0.478. The van der Waals surface area contributed by atoms with Crippen molar-refractivity contribution >= 4 is 73.5 Å². The Kier molecular flexibility index (Phi) is 10.2. The van der Waals surface area contributed by atoms with Gasteiger partial charge >= 0.3 is 11.9 Å². The molecule has 2 amide bonds. The summed E-state index contributed by atoms with van der Waals surface area (Å²) >= 11 is 3.62. The summed E-state index contributed by atoms with van der Waals surface area (Å²) in [6.07, 6.45) is 0. The number of esters is 2. The third-order valence-electron chi connectivity index (χ3n) is 5.29. The Morgan fingerprint density at radius 1 is 1.02 bits per heavy atom. The van der Waals surface area contributed by atoms with Crippen LogP contribution in [0.15, 0.2) is 58.9 Å². The minimum absolute atomic E-state index is 0.0394. The predicted octanol–water partition coefficient (Wildman–Crippen LogP) is 4.37. The molecule has 0 aliphatic rings. The number of ether oxygens (including phenoxy) is 2. The highest BCUT2D eigenvalue weighted by Crippen LogP contribution is 2.25. The molecular weight excluding hydrogens is 573 g/mol. The van der Waals surface area contributed by atoms with E-state index in [4.69, 9.17) is 9.47 Å². The maximum Gasteiger partial charge on any atom is 0.338 e. The molecule has 0 bridgehead atoms. The number of thiazole rings is 2. The first-order valence-corrected chi connectivity index (χ1v) is 15.1. The number of hydrogen-bond acceptors (Lipinski definition) is 10. The van der Waals surface area contributed by atoms with Crippen LogP contribution in [-0.4, -0.2) is 58.0 Å². The van der Waals surface area contributed by atoms with Crippen molar-refractivity contribution in [3.63, 3.8) is 0 Å². The molecule has 2 aromatic heterocycles. The first-order valence-electron chi connectivity index (χ1n) is 12.3. The maximum atomic E-state index is 12.7. The van der Waals surface area contributed by atoms with Crippen LogP contribution in [0.25, 0.3) is 21.5 Å². The number of nitrogens with one attached hydrogen (secondary N) is 1. The molecule has 2 aromatic carbocycles. The molecule has 4 rings (SSSR count). The van der Waals surface area contributed by atoms with Gasteiger partial charge in [0.05, 0.1) is 46.2 Å². The molecule has 0 saturated heterocycles. The van der Waals surface area contributed by atoms with Crippen LogP contribution in [0.1, 0.15) is 24.2 Å². The van der Waals surface area contributed by atoms with Gasteiger partial charge in [-0.25, -0.2) is 9.78 Å². The number of carbonyl (C=O) groups excluding carboxylic acids is 4. The number of thioether (sulfide) groups is 1. The molecule has 10 nitrogen and oxygen atoms in total. The monoisotopic (exact) mass is 598 g/mol. The molecule has 1 N–H and O–H groups in total. The second-order valence-electron chi connectivity index (χ2n) is 8.13. The molecule has 0 aliphatic carbocycles. The van der Waals surface area contributed by atoms with Crippen molar-refractivity contribution in [3.8, 4) is 11.3 Å². The third-order valence-corrected chi connectivity index (χ3v) is 8.00. The summed E-state index contributed by atoms with van der Waals surface area (Å²) in [4.78, 5) is 58.4. The van der Waals surface area contributed by atoms with Gasteiger partial charge in [-0.15, -0.1) is 23.1 Å². The maximum absolute atomic E-state index is 12.7. The lowest BCUT2D eigenvalue weighted by molar-refractivity contribution is -0.143. The van der Waals surface area contributed by atoms with Gasteiger partial charge in [0.25, 0.3) is 5.91 Å². The van der Waals surface area contributed by atoms with Crippen molar-refractivity contribution in [2.24, 2.45) is 4.99 Å². The predicted molar refractivity (Wildman–Crippen MR) is 156 cm³/mol. The van der Waals surface area contributed by atoms with Crippen LogP contribution >= 0.6 is 34.4 Å². The first kappa shape index (κ1) is 29.2. The first-order chi connectivity index (χ1) is 19.4. The summed E-state index contributed by atoms with van der Waals surface area (Å²) in [6, 6.07) is 14.6. The Bertz CT molecular complexity index is 1590. The lowest BCUT2D eigenvalue weighted by atomic mass is 10.2. The van der Waals surface area contributed by atoms with Gasteiger partial charge in [-0.2, -0.15) is 4.99 Å². The van der Waals surface area contributed by atoms with E-state index in [1.165, 1.54) is 22.7 Å². The molecule has 13 heteroatoms. The van der Waals surface area contributed by atoms with Crippen molar-refractivity contribution in [1.82, 2.24) is 9.55 Å². The molecule has 0 spiro atoms. The van der Waals surface area contributed by atoms with Crippen LogP contribution in [0, 0.1) is 0 Å². The number of nitrogens with zero attached hydrogens (tertiary/aromatic N) is 3. The fraction of sp³-hybridized carbons (Fsp3) is 0.259. The van der Waals surface area contributed by atoms with Gasteiger partial charge in [-0.3, -0.25) is 14.4 Å². The van der Waals surface area contributed by atoms with Crippen LogP contribution in [-0.2, 0) is 30.4 Å². The average Bonchev–Trinajstić information content (AvgIpc) is 3.53. The van der Waals surface area contributed by atoms with E-state index in [1.807, 2.05) is 35.7 Å². The van der Waals surface area contributed by atoms with Crippen LogP contribution in [0.5, 0.6) is 0 Å². The molecule has 40 heavy (non-hydrogen) atoms. The summed E-state index contributed by atoms with van der Waals surface area (Å²) < 4.78 is 12.4. The number of rotatable bonds is 11. The van der Waals surface area contributed by atoms with Crippen LogP contribution in [0.4, 0.5) is 5.13 Å². The third kappa shape index (κ3) is 7.64. The molecule has 0 saturated carbocycles. The number of benzene rings is 2. The Balaban J connectivity index is 1.42. The molecule has 208 valence electrons.